The van der Waals surface area contributed by atoms with E-state index in [1.165, 1.54) is 11.1 Å². The topological polar surface area (TPSA) is 35.9 Å². The highest BCUT2D eigenvalue weighted by Crippen LogP contribution is 2.13. The number of aryl methyl sites for hydroxylation is 1. The molecular formula is C22H30N2O2. The molecule has 4 heteroatoms. The Morgan fingerprint density at radius 2 is 1.54 bits per heavy atom. The highest BCUT2D eigenvalue weighted by molar-refractivity contribution is 5.27. The molecule has 0 radical (unpaired) electrons. The normalized spacial score (nSPS) is 17.2. The van der Waals surface area contributed by atoms with Crippen LogP contribution in [0.15, 0.2) is 54.6 Å². The number of β-amino-alcohol motifs (C(OH)–C–C–N with tert-alkyl or cyclic N) is 1. The quantitative estimate of drug-likeness (QED) is 0.791. The summed E-state index contributed by atoms with van der Waals surface area (Å²) in [5.74, 6) is 0.828. The van der Waals surface area contributed by atoms with Crippen molar-refractivity contribution >= 4 is 0 Å². The Balaban J connectivity index is 1.35. The number of ether oxygens (including phenoxy) is 1. The van der Waals surface area contributed by atoms with Gasteiger partial charge in [-0.25, -0.2) is 0 Å². The fourth-order valence-electron chi connectivity index (χ4n) is 3.34. The molecule has 26 heavy (non-hydrogen) atoms. The molecule has 0 spiro atoms. The summed E-state index contributed by atoms with van der Waals surface area (Å²) in [5.41, 5.74) is 2.66. The van der Waals surface area contributed by atoms with Gasteiger partial charge in [0.25, 0.3) is 0 Å². The first-order valence-corrected chi connectivity index (χ1v) is 9.61. The monoisotopic (exact) mass is 354 g/mol. The van der Waals surface area contributed by atoms with Gasteiger partial charge in [0.05, 0.1) is 0 Å². The summed E-state index contributed by atoms with van der Waals surface area (Å²) in [6.07, 6.45) is 0.570. The van der Waals surface area contributed by atoms with Crippen LogP contribution in [0.25, 0.3) is 0 Å². The van der Waals surface area contributed by atoms with Crippen molar-refractivity contribution in [2.45, 2.75) is 26.0 Å². The van der Waals surface area contributed by atoms with E-state index in [0.29, 0.717) is 13.2 Å². The van der Waals surface area contributed by atoms with Crippen molar-refractivity contribution < 1.29 is 9.84 Å². The van der Waals surface area contributed by atoms with E-state index >= 15 is 0 Å². The number of aliphatic hydroxyl groups excluding tert-OH is 1. The van der Waals surface area contributed by atoms with Gasteiger partial charge in [-0.15, -0.1) is 0 Å². The molecule has 1 aliphatic heterocycles. The van der Waals surface area contributed by atoms with E-state index < -0.39 is 6.10 Å². The molecule has 3 rings (SSSR count). The Hall–Kier alpha value is -1.88. The highest BCUT2D eigenvalue weighted by atomic mass is 16.5. The van der Waals surface area contributed by atoms with Gasteiger partial charge in [0.1, 0.15) is 18.5 Å². The fraction of sp³-hybridized carbons (Fsp3) is 0.455. The maximum absolute atomic E-state index is 10.3. The lowest BCUT2D eigenvalue weighted by Crippen LogP contribution is -2.48. The van der Waals surface area contributed by atoms with Gasteiger partial charge in [0.2, 0.25) is 0 Å². The minimum atomic E-state index is -0.457. The van der Waals surface area contributed by atoms with Gasteiger partial charge in [0.15, 0.2) is 0 Å². The first kappa shape index (κ1) is 18.9. The molecule has 0 aromatic heterocycles. The SMILES string of the molecule is CCc1ccc(OC[C@H](O)CN2CCN(Cc3ccccc3)CC2)cc1. The summed E-state index contributed by atoms with van der Waals surface area (Å²) in [5, 5.41) is 10.3. The Bertz CT molecular complexity index is 637. The first-order valence-electron chi connectivity index (χ1n) is 9.61. The molecule has 1 saturated heterocycles. The first-order chi connectivity index (χ1) is 12.7. The van der Waals surface area contributed by atoms with Gasteiger partial charge >= 0.3 is 0 Å². The maximum Gasteiger partial charge on any atom is 0.119 e. The van der Waals surface area contributed by atoms with Crippen molar-refractivity contribution in [2.24, 2.45) is 0 Å². The number of piperazine rings is 1. The van der Waals surface area contributed by atoms with Gasteiger partial charge in [-0.1, -0.05) is 49.4 Å². The third-order valence-corrected chi connectivity index (χ3v) is 4.96. The Morgan fingerprint density at radius 1 is 0.885 bits per heavy atom. The van der Waals surface area contributed by atoms with E-state index in [4.69, 9.17) is 4.74 Å². The van der Waals surface area contributed by atoms with Crippen molar-refractivity contribution in [1.29, 1.82) is 0 Å². The minimum absolute atomic E-state index is 0.343. The molecule has 1 aliphatic rings. The van der Waals surface area contributed by atoms with E-state index in [0.717, 1.165) is 44.9 Å². The van der Waals surface area contributed by atoms with Crippen LogP contribution >= 0.6 is 0 Å². The van der Waals surface area contributed by atoms with Crippen LogP contribution in [0.4, 0.5) is 0 Å². The zero-order valence-corrected chi connectivity index (χ0v) is 15.7. The molecule has 1 N–H and O–H groups in total. The number of rotatable bonds is 8. The predicted molar refractivity (Wildman–Crippen MR) is 105 cm³/mol. The van der Waals surface area contributed by atoms with E-state index in [2.05, 4.69) is 59.2 Å². The van der Waals surface area contributed by atoms with Crippen LogP contribution in [0.2, 0.25) is 0 Å². The lowest BCUT2D eigenvalue weighted by Gasteiger charge is -2.35. The summed E-state index contributed by atoms with van der Waals surface area (Å²) in [4.78, 5) is 4.81. The summed E-state index contributed by atoms with van der Waals surface area (Å²) < 4.78 is 5.72. The number of nitrogens with zero attached hydrogens (tertiary/aromatic N) is 2. The molecule has 1 fully saturated rings. The third-order valence-electron chi connectivity index (χ3n) is 4.96. The van der Waals surface area contributed by atoms with E-state index in [9.17, 15) is 5.11 Å². The van der Waals surface area contributed by atoms with Gasteiger partial charge in [-0.3, -0.25) is 9.80 Å². The van der Waals surface area contributed by atoms with Gasteiger partial charge in [0, 0.05) is 39.3 Å². The maximum atomic E-state index is 10.3. The lowest BCUT2D eigenvalue weighted by molar-refractivity contribution is 0.0446. The number of hydrogen-bond donors (Lipinski definition) is 1. The van der Waals surface area contributed by atoms with Crippen LogP contribution < -0.4 is 4.74 Å². The smallest absolute Gasteiger partial charge is 0.119 e. The Labute approximate surface area is 157 Å². The van der Waals surface area contributed by atoms with Gasteiger partial charge in [-0.2, -0.15) is 0 Å². The molecule has 4 nitrogen and oxygen atoms in total. The second kappa shape index (κ2) is 9.72. The third kappa shape index (κ3) is 5.84. The Morgan fingerprint density at radius 3 is 2.19 bits per heavy atom. The molecule has 1 heterocycles. The van der Waals surface area contributed by atoms with E-state index in [1.54, 1.807) is 0 Å². The fourth-order valence-corrected chi connectivity index (χ4v) is 3.34. The zero-order chi connectivity index (χ0) is 18.2. The molecule has 1 atom stereocenters. The van der Waals surface area contributed by atoms with Crippen LogP contribution in [-0.2, 0) is 13.0 Å². The minimum Gasteiger partial charge on any atom is -0.491 e. The molecule has 2 aromatic rings. The van der Waals surface area contributed by atoms with Crippen molar-refractivity contribution in [2.75, 3.05) is 39.3 Å². The molecule has 140 valence electrons. The summed E-state index contributed by atoms with van der Waals surface area (Å²) >= 11 is 0. The van der Waals surface area contributed by atoms with Crippen molar-refractivity contribution in [3.8, 4) is 5.75 Å². The lowest BCUT2D eigenvalue weighted by atomic mass is 10.2. The highest BCUT2D eigenvalue weighted by Gasteiger charge is 2.19. The van der Waals surface area contributed by atoms with Crippen molar-refractivity contribution in [1.82, 2.24) is 9.80 Å². The van der Waals surface area contributed by atoms with Gasteiger partial charge in [-0.05, 0) is 29.7 Å². The van der Waals surface area contributed by atoms with E-state index in [-0.39, 0.29) is 0 Å². The molecule has 0 bridgehead atoms. The van der Waals surface area contributed by atoms with Crippen LogP contribution in [-0.4, -0.2) is 60.3 Å². The molecule has 0 aliphatic carbocycles. The zero-order valence-electron chi connectivity index (χ0n) is 15.7. The largest absolute Gasteiger partial charge is 0.491 e. The van der Waals surface area contributed by atoms with Crippen molar-refractivity contribution in [3.63, 3.8) is 0 Å². The number of aliphatic hydroxyl groups is 1. The second-order valence-corrected chi connectivity index (χ2v) is 7.02. The second-order valence-electron chi connectivity index (χ2n) is 7.02. The molecule has 0 amide bonds. The average molecular weight is 354 g/mol. The van der Waals surface area contributed by atoms with Crippen LogP contribution in [0.5, 0.6) is 5.75 Å². The standard InChI is InChI=1S/C22H30N2O2/c1-2-19-8-10-22(11-9-19)26-18-21(25)17-24-14-12-23(13-15-24)16-20-6-4-3-5-7-20/h3-11,21,25H,2,12-18H2,1H3/t21-/m1/s1. The molecular weight excluding hydrogens is 324 g/mol. The average Bonchev–Trinajstić information content (AvgIpc) is 2.69. The Kier molecular flexibility index (Phi) is 7.06. The number of hydrogen-bond acceptors (Lipinski definition) is 4. The van der Waals surface area contributed by atoms with Crippen LogP contribution in [0.3, 0.4) is 0 Å². The van der Waals surface area contributed by atoms with E-state index in [1.807, 2.05) is 12.1 Å². The summed E-state index contributed by atoms with van der Waals surface area (Å²) in [6, 6.07) is 18.7. The summed E-state index contributed by atoms with van der Waals surface area (Å²) in [6.45, 7) is 8.24. The van der Waals surface area contributed by atoms with Crippen LogP contribution in [0, 0.1) is 0 Å². The van der Waals surface area contributed by atoms with Gasteiger partial charge < -0.3 is 9.84 Å². The predicted octanol–water partition coefficient (Wildman–Crippen LogP) is 2.81. The van der Waals surface area contributed by atoms with Crippen LogP contribution in [0.1, 0.15) is 18.1 Å². The summed E-state index contributed by atoms with van der Waals surface area (Å²) in [7, 11) is 0. The molecule has 0 saturated carbocycles. The number of benzene rings is 2. The van der Waals surface area contributed by atoms with Crippen molar-refractivity contribution in [3.05, 3.63) is 65.7 Å². The molecule has 0 unspecified atom stereocenters. The molecule has 2 aromatic carbocycles.